The molecule has 2 aliphatic heterocycles. The second-order valence-electron chi connectivity index (χ2n) is 9.51. The monoisotopic (exact) mass is 483 g/mol. The third-order valence-electron chi connectivity index (χ3n) is 7.25. The van der Waals surface area contributed by atoms with Gasteiger partial charge in [0, 0.05) is 49.4 Å². The Morgan fingerprint density at radius 3 is 2.79 bits per heavy atom. The number of ether oxygens (including phenoxy) is 1. The zero-order chi connectivity index (χ0) is 23.7. The average Bonchev–Trinajstić information content (AvgIpc) is 3.16. The van der Waals surface area contributed by atoms with Gasteiger partial charge in [-0.2, -0.15) is 0 Å². The molecule has 180 valence electrons. The van der Waals surface area contributed by atoms with Crippen LogP contribution < -0.4 is 11.1 Å². The summed E-state index contributed by atoms with van der Waals surface area (Å²) in [5, 5.41) is 3.81. The summed E-state index contributed by atoms with van der Waals surface area (Å²) in [6.45, 7) is 2.01. The van der Waals surface area contributed by atoms with E-state index in [0.29, 0.717) is 35.2 Å². The summed E-state index contributed by atoms with van der Waals surface area (Å²) >= 11 is 6.47. The lowest BCUT2D eigenvalue weighted by Gasteiger charge is -2.37. The van der Waals surface area contributed by atoms with Crippen LogP contribution in [0.1, 0.15) is 60.9 Å². The van der Waals surface area contributed by atoms with E-state index in [1.165, 1.54) is 0 Å². The van der Waals surface area contributed by atoms with Crippen molar-refractivity contribution in [3.8, 4) is 11.3 Å². The van der Waals surface area contributed by atoms with Gasteiger partial charge >= 0.3 is 0 Å². The number of benzene rings is 1. The van der Waals surface area contributed by atoms with E-state index in [4.69, 9.17) is 22.1 Å². The van der Waals surface area contributed by atoms with Gasteiger partial charge in [0.1, 0.15) is 0 Å². The standard InChI is InChI=1S/C25H30ClN5O3/c26-20-13-28-25(29-18-7-9-34-10-8-18)30-23(20)16-5-6-17-14-31(24(33)19(17)11-16)21-4-2-1-3-15(21)12-22(27)32/h5-6,11,13,15,18,21H,1-4,7-10,12,14H2,(H2,27,32)(H,28,29,30). The smallest absolute Gasteiger partial charge is 0.254 e. The lowest BCUT2D eigenvalue weighted by atomic mass is 9.81. The largest absolute Gasteiger partial charge is 0.381 e. The van der Waals surface area contributed by atoms with Crippen LogP contribution in [0.2, 0.25) is 5.02 Å². The second kappa shape index (κ2) is 9.88. The number of amides is 2. The molecule has 1 aliphatic carbocycles. The number of hydrogen-bond donors (Lipinski definition) is 2. The first kappa shape index (κ1) is 23.1. The van der Waals surface area contributed by atoms with E-state index in [1.54, 1.807) is 6.20 Å². The highest BCUT2D eigenvalue weighted by Gasteiger charge is 2.38. The Bertz CT molecular complexity index is 1090. The third kappa shape index (κ3) is 4.74. The molecule has 1 saturated heterocycles. The molecule has 0 spiro atoms. The topological polar surface area (TPSA) is 110 Å². The van der Waals surface area contributed by atoms with Gasteiger partial charge in [-0.05, 0) is 43.2 Å². The molecule has 2 aromatic rings. The minimum absolute atomic E-state index is 0.00366. The molecule has 0 bridgehead atoms. The van der Waals surface area contributed by atoms with Gasteiger partial charge in [0.15, 0.2) is 0 Å². The van der Waals surface area contributed by atoms with Crippen molar-refractivity contribution in [1.82, 2.24) is 14.9 Å². The highest BCUT2D eigenvalue weighted by molar-refractivity contribution is 6.33. The molecule has 3 heterocycles. The molecular weight excluding hydrogens is 454 g/mol. The summed E-state index contributed by atoms with van der Waals surface area (Å²) in [6.07, 6.45) is 7.71. The van der Waals surface area contributed by atoms with E-state index in [9.17, 15) is 9.59 Å². The van der Waals surface area contributed by atoms with Crippen molar-refractivity contribution in [3.63, 3.8) is 0 Å². The summed E-state index contributed by atoms with van der Waals surface area (Å²) < 4.78 is 5.42. The molecule has 3 aliphatic rings. The highest BCUT2D eigenvalue weighted by Crippen LogP contribution is 2.37. The van der Waals surface area contributed by atoms with Gasteiger partial charge in [0.05, 0.1) is 16.9 Å². The number of primary amides is 1. The SMILES string of the molecule is NC(=O)CC1CCCCC1N1Cc2ccc(-c3nc(NC4CCOCC4)ncc3Cl)cc2C1=O. The fourth-order valence-corrected chi connectivity index (χ4v) is 5.70. The molecule has 0 radical (unpaired) electrons. The van der Waals surface area contributed by atoms with Crippen LogP contribution in [0.25, 0.3) is 11.3 Å². The van der Waals surface area contributed by atoms with Crippen LogP contribution in [-0.4, -0.2) is 52.0 Å². The predicted octanol–water partition coefficient (Wildman–Crippen LogP) is 3.78. The van der Waals surface area contributed by atoms with Crippen molar-refractivity contribution in [1.29, 1.82) is 0 Å². The molecule has 1 saturated carbocycles. The summed E-state index contributed by atoms with van der Waals surface area (Å²) in [5.41, 5.74) is 8.55. The van der Waals surface area contributed by atoms with Gasteiger partial charge in [0.25, 0.3) is 5.91 Å². The van der Waals surface area contributed by atoms with Crippen molar-refractivity contribution in [2.24, 2.45) is 11.7 Å². The minimum Gasteiger partial charge on any atom is -0.381 e. The molecule has 2 atom stereocenters. The molecule has 8 nitrogen and oxygen atoms in total. The molecule has 34 heavy (non-hydrogen) atoms. The number of carbonyl (C=O) groups is 2. The first-order valence-electron chi connectivity index (χ1n) is 12.1. The molecule has 2 unspecified atom stereocenters. The Morgan fingerprint density at radius 1 is 1.21 bits per heavy atom. The molecule has 9 heteroatoms. The van der Waals surface area contributed by atoms with Crippen molar-refractivity contribution in [2.75, 3.05) is 18.5 Å². The highest BCUT2D eigenvalue weighted by atomic mass is 35.5. The Morgan fingerprint density at radius 2 is 2.00 bits per heavy atom. The summed E-state index contributed by atoms with van der Waals surface area (Å²) in [4.78, 5) is 36.0. The van der Waals surface area contributed by atoms with E-state index in [2.05, 4.69) is 15.3 Å². The Labute approximate surface area is 204 Å². The van der Waals surface area contributed by atoms with Crippen LogP contribution in [0.3, 0.4) is 0 Å². The molecule has 5 rings (SSSR count). The fourth-order valence-electron chi connectivity index (χ4n) is 5.50. The maximum atomic E-state index is 13.4. The van der Waals surface area contributed by atoms with Crippen LogP contribution in [0.5, 0.6) is 0 Å². The van der Waals surface area contributed by atoms with Crippen molar-refractivity contribution in [3.05, 3.63) is 40.5 Å². The third-order valence-corrected chi connectivity index (χ3v) is 7.52. The van der Waals surface area contributed by atoms with Crippen LogP contribution in [0.4, 0.5) is 5.95 Å². The van der Waals surface area contributed by atoms with Crippen LogP contribution in [0, 0.1) is 5.92 Å². The lowest BCUT2D eigenvalue weighted by Crippen LogP contribution is -2.43. The number of carbonyl (C=O) groups excluding carboxylic acids is 2. The minimum atomic E-state index is -0.299. The Balaban J connectivity index is 1.38. The quantitative estimate of drug-likeness (QED) is 0.647. The van der Waals surface area contributed by atoms with Gasteiger partial charge in [-0.15, -0.1) is 0 Å². The lowest BCUT2D eigenvalue weighted by molar-refractivity contribution is -0.119. The first-order valence-corrected chi connectivity index (χ1v) is 12.5. The van der Waals surface area contributed by atoms with E-state index in [-0.39, 0.29) is 29.8 Å². The number of fused-ring (bicyclic) bond motifs is 1. The maximum Gasteiger partial charge on any atom is 0.254 e. The van der Waals surface area contributed by atoms with Gasteiger partial charge in [-0.3, -0.25) is 9.59 Å². The number of rotatable bonds is 6. The van der Waals surface area contributed by atoms with Gasteiger partial charge in [0.2, 0.25) is 11.9 Å². The Hall–Kier alpha value is -2.71. The Kier molecular flexibility index (Phi) is 6.70. The summed E-state index contributed by atoms with van der Waals surface area (Å²) in [7, 11) is 0. The normalized spacial score (nSPS) is 23.1. The van der Waals surface area contributed by atoms with E-state index in [0.717, 1.165) is 62.9 Å². The number of hydrogen-bond acceptors (Lipinski definition) is 6. The van der Waals surface area contributed by atoms with Gasteiger partial charge in [-0.1, -0.05) is 36.6 Å². The van der Waals surface area contributed by atoms with Crippen molar-refractivity contribution in [2.45, 2.75) is 63.6 Å². The maximum absolute atomic E-state index is 13.4. The number of halogens is 1. The van der Waals surface area contributed by atoms with E-state index in [1.807, 2.05) is 23.1 Å². The summed E-state index contributed by atoms with van der Waals surface area (Å²) in [6, 6.07) is 6.14. The van der Waals surface area contributed by atoms with Gasteiger partial charge < -0.3 is 20.7 Å². The molecule has 1 aromatic carbocycles. The molecule has 2 fully saturated rings. The molecule has 3 N–H and O–H groups in total. The average molecular weight is 484 g/mol. The zero-order valence-electron chi connectivity index (χ0n) is 19.1. The van der Waals surface area contributed by atoms with Crippen LogP contribution >= 0.6 is 11.6 Å². The number of nitrogens with two attached hydrogens (primary N) is 1. The van der Waals surface area contributed by atoms with Crippen LogP contribution in [-0.2, 0) is 16.1 Å². The zero-order valence-corrected chi connectivity index (χ0v) is 19.9. The van der Waals surface area contributed by atoms with Crippen molar-refractivity contribution < 1.29 is 14.3 Å². The molecule has 1 aromatic heterocycles. The first-order chi connectivity index (χ1) is 16.5. The molecule has 2 amide bonds. The van der Waals surface area contributed by atoms with Gasteiger partial charge in [-0.25, -0.2) is 9.97 Å². The second-order valence-corrected chi connectivity index (χ2v) is 9.92. The number of aromatic nitrogens is 2. The van der Waals surface area contributed by atoms with Crippen molar-refractivity contribution >= 4 is 29.4 Å². The van der Waals surface area contributed by atoms with Crippen LogP contribution in [0.15, 0.2) is 24.4 Å². The number of anilines is 1. The fraction of sp³-hybridized carbons (Fsp3) is 0.520. The van der Waals surface area contributed by atoms with E-state index < -0.39 is 0 Å². The number of nitrogens with one attached hydrogen (secondary N) is 1. The summed E-state index contributed by atoms with van der Waals surface area (Å²) in [5.74, 6) is 0.353. The predicted molar refractivity (Wildman–Crippen MR) is 129 cm³/mol. The number of nitrogens with zero attached hydrogens (tertiary/aromatic N) is 3. The van der Waals surface area contributed by atoms with E-state index >= 15 is 0 Å². The molecular formula is C25H30ClN5O3.